The van der Waals surface area contributed by atoms with Gasteiger partial charge in [-0.25, -0.2) is 0 Å². The van der Waals surface area contributed by atoms with Gasteiger partial charge in [-0.05, 0) is 42.2 Å². The predicted molar refractivity (Wildman–Crippen MR) is 79.6 cm³/mol. The largest absolute Gasteiger partial charge is 0.399 e. The van der Waals surface area contributed by atoms with Gasteiger partial charge in [-0.1, -0.05) is 38.1 Å². The van der Waals surface area contributed by atoms with Crippen molar-refractivity contribution in [1.82, 2.24) is 0 Å². The van der Waals surface area contributed by atoms with E-state index in [1.54, 1.807) is 12.1 Å². The van der Waals surface area contributed by atoms with Gasteiger partial charge in [-0.2, -0.15) is 0 Å². The predicted octanol–water partition coefficient (Wildman–Crippen LogP) is 3.93. The zero-order chi connectivity index (χ0) is 14.0. The van der Waals surface area contributed by atoms with Crippen molar-refractivity contribution in [2.24, 2.45) is 0 Å². The van der Waals surface area contributed by atoms with Crippen molar-refractivity contribution in [1.29, 1.82) is 0 Å². The van der Waals surface area contributed by atoms with E-state index in [1.165, 1.54) is 5.56 Å². The van der Waals surface area contributed by atoms with Crippen molar-refractivity contribution in [2.75, 3.05) is 5.73 Å². The summed E-state index contributed by atoms with van der Waals surface area (Å²) < 4.78 is 0. The van der Waals surface area contributed by atoms with Gasteiger partial charge >= 0.3 is 0 Å². The van der Waals surface area contributed by atoms with Crippen LogP contribution in [0.15, 0.2) is 42.5 Å². The molecule has 19 heavy (non-hydrogen) atoms. The number of anilines is 1. The number of carbonyl (C=O) groups excluding carboxylic acids is 1. The Morgan fingerprint density at radius 2 is 1.68 bits per heavy atom. The highest BCUT2D eigenvalue weighted by Gasteiger charge is 2.12. The Bertz CT molecular complexity index is 597. The van der Waals surface area contributed by atoms with Crippen molar-refractivity contribution < 1.29 is 4.79 Å². The highest BCUT2D eigenvalue weighted by atomic mass is 16.1. The number of hydrogen-bond acceptors (Lipinski definition) is 2. The van der Waals surface area contributed by atoms with E-state index in [1.807, 2.05) is 37.3 Å². The van der Waals surface area contributed by atoms with Gasteiger partial charge in [0.15, 0.2) is 5.78 Å². The van der Waals surface area contributed by atoms with Gasteiger partial charge < -0.3 is 5.73 Å². The fourth-order valence-electron chi connectivity index (χ4n) is 2.12. The van der Waals surface area contributed by atoms with E-state index in [0.29, 0.717) is 17.2 Å². The summed E-state index contributed by atoms with van der Waals surface area (Å²) >= 11 is 0. The van der Waals surface area contributed by atoms with Crippen LogP contribution in [0.25, 0.3) is 0 Å². The van der Waals surface area contributed by atoms with Crippen LogP contribution in [-0.4, -0.2) is 5.78 Å². The zero-order valence-electron chi connectivity index (χ0n) is 11.6. The standard InChI is InChI=1S/C17H19NO/c1-11(2)13-4-6-14(7-5-13)17(19)16-9-8-15(18)10-12(16)3/h4-11H,18H2,1-3H3. The van der Waals surface area contributed by atoms with Crippen LogP contribution < -0.4 is 5.73 Å². The lowest BCUT2D eigenvalue weighted by Crippen LogP contribution is -2.04. The molecular weight excluding hydrogens is 234 g/mol. The van der Waals surface area contributed by atoms with Gasteiger partial charge in [0.25, 0.3) is 0 Å². The number of hydrogen-bond donors (Lipinski definition) is 1. The molecule has 0 spiro atoms. The van der Waals surface area contributed by atoms with Crippen molar-refractivity contribution >= 4 is 11.5 Å². The number of carbonyl (C=O) groups is 1. The highest BCUT2D eigenvalue weighted by molar-refractivity contribution is 6.10. The summed E-state index contributed by atoms with van der Waals surface area (Å²) in [6.45, 7) is 6.19. The second-order valence-corrected chi connectivity index (χ2v) is 5.18. The smallest absolute Gasteiger partial charge is 0.193 e. The summed E-state index contributed by atoms with van der Waals surface area (Å²) in [5.41, 5.74) is 9.98. The van der Waals surface area contributed by atoms with E-state index >= 15 is 0 Å². The average molecular weight is 253 g/mol. The van der Waals surface area contributed by atoms with Gasteiger partial charge in [0.05, 0.1) is 0 Å². The van der Waals surface area contributed by atoms with Crippen molar-refractivity contribution in [3.63, 3.8) is 0 Å². The molecule has 0 saturated carbocycles. The summed E-state index contributed by atoms with van der Waals surface area (Å²) in [5.74, 6) is 0.523. The van der Waals surface area contributed by atoms with E-state index in [-0.39, 0.29) is 5.78 Å². The first-order chi connectivity index (χ1) is 8.99. The molecule has 0 bridgehead atoms. The molecule has 0 aromatic heterocycles. The number of benzene rings is 2. The molecule has 0 atom stereocenters. The quantitative estimate of drug-likeness (QED) is 0.665. The first-order valence-electron chi connectivity index (χ1n) is 6.50. The second kappa shape index (κ2) is 5.27. The Morgan fingerprint density at radius 3 is 2.21 bits per heavy atom. The maximum absolute atomic E-state index is 12.4. The number of aryl methyl sites for hydroxylation is 1. The Labute approximate surface area is 114 Å². The minimum atomic E-state index is 0.0489. The minimum Gasteiger partial charge on any atom is -0.399 e. The molecule has 0 aliphatic heterocycles. The van der Waals surface area contributed by atoms with Crippen LogP contribution >= 0.6 is 0 Å². The molecule has 0 aliphatic rings. The minimum absolute atomic E-state index is 0.0489. The zero-order valence-corrected chi connectivity index (χ0v) is 11.6. The summed E-state index contributed by atoms with van der Waals surface area (Å²) in [4.78, 5) is 12.4. The topological polar surface area (TPSA) is 43.1 Å². The summed E-state index contributed by atoms with van der Waals surface area (Å²) in [5, 5.41) is 0. The van der Waals surface area contributed by atoms with E-state index in [4.69, 9.17) is 5.73 Å². The number of rotatable bonds is 3. The number of nitrogen functional groups attached to an aromatic ring is 1. The lowest BCUT2D eigenvalue weighted by molar-refractivity contribution is 0.103. The maximum atomic E-state index is 12.4. The Hall–Kier alpha value is -2.09. The van der Waals surface area contributed by atoms with Crippen LogP contribution in [0.2, 0.25) is 0 Å². The maximum Gasteiger partial charge on any atom is 0.193 e. The molecule has 2 aromatic rings. The Balaban J connectivity index is 2.33. The van der Waals surface area contributed by atoms with Crippen LogP contribution in [0.5, 0.6) is 0 Å². The molecule has 0 amide bonds. The summed E-state index contributed by atoms with van der Waals surface area (Å²) in [6.07, 6.45) is 0. The fourth-order valence-corrected chi connectivity index (χ4v) is 2.12. The second-order valence-electron chi connectivity index (χ2n) is 5.18. The summed E-state index contributed by atoms with van der Waals surface area (Å²) in [7, 11) is 0. The van der Waals surface area contributed by atoms with Gasteiger partial charge in [-0.3, -0.25) is 4.79 Å². The third-order valence-electron chi connectivity index (χ3n) is 3.33. The van der Waals surface area contributed by atoms with Gasteiger partial charge in [0, 0.05) is 16.8 Å². The van der Waals surface area contributed by atoms with E-state index in [0.717, 1.165) is 11.1 Å². The summed E-state index contributed by atoms with van der Waals surface area (Å²) in [6, 6.07) is 13.2. The molecule has 2 nitrogen and oxygen atoms in total. The normalized spacial score (nSPS) is 10.7. The fraction of sp³-hybridized carbons (Fsp3) is 0.235. The molecule has 98 valence electrons. The molecule has 0 radical (unpaired) electrons. The molecule has 2 rings (SSSR count). The molecule has 2 N–H and O–H groups in total. The van der Waals surface area contributed by atoms with Crippen LogP contribution in [0, 0.1) is 6.92 Å². The van der Waals surface area contributed by atoms with E-state index in [9.17, 15) is 4.79 Å². The molecule has 2 aromatic carbocycles. The molecular formula is C17H19NO. The molecule has 0 heterocycles. The van der Waals surface area contributed by atoms with Crippen molar-refractivity contribution in [3.05, 3.63) is 64.7 Å². The monoisotopic (exact) mass is 253 g/mol. The van der Waals surface area contributed by atoms with Crippen LogP contribution in [-0.2, 0) is 0 Å². The lowest BCUT2D eigenvalue weighted by atomic mass is 9.96. The van der Waals surface area contributed by atoms with Gasteiger partial charge in [0.2, 0.25) is 0 Å². The molecule has 0 saturated heterocycles. The van der Waals surface area contributed by atoms with Crippen LogP contribution in [0.3, 0.4) is 0 Å². The molecule has 2 heteroatoms. The van der Waals surface area contributed by atoms with Gasteiger partial charge in [-0.15, -0.1) is 0 Å². The van der Waals surface area contributed by atoms with Crippen molar-refractivity contribution in [2.45, 2.75) is 26.7 Å². The number of ketones is 1. The van der Waals surface area contributed by atoms with Gasteiger partial charge in [0.1, 0.15) is 0 Å². The van der Waals surface area contributed by atoms with Crippen molar-refractivity contribution in [3.8, 4) is 0 Å². The SMILES string of the molecule is Cc1cc(N)ccc1C(=O)c1ccc(C(C)C)cc1. The molecule has 0 fully saturated rings. The third-order valence-corrected chi connectivity index (χ3v) is 3.33. The molecule has 0 aliphatic carbocycles. The van der Waals surface area contributed by atoms with E-state index < -0.39 is 0 Å². The lowest BCUT2D eigenvalue weighted by Gasteiger charge is -2.08. The average Bonchev–Trinajstić information content (AvgIpc) is 2.38. The van der Waals surface area contributed by atoms with E-state index in [2.05, 4.69) is 13.8 Å². The Morgan fingerprint density at radius 1 is 1.05 bits per heavy atom. The van der Waals surface area contributed by atoms with Crippen LogP contribution in [0.1, 0.15) is 46.8 Å². The first kappa shape index (κ1) is 13.3. The first-order valence-corrected chi connectivity index (χ1v) is 6.50. The molecule has 0 unspecified atom stereocenters. The Kier molecular flexibility index (Phi) is 3.70. The number of nitrogens with two attached hydrogens (primary N) is 1. The highest BCUT2D eigenvalue weighted by Crippen LogP contribution is 2.19. The van der Waals surface area contributed by atoms with Crippen LogP contribution in [0.4, 0.5) is 5.69 Å². The third kappa shape index (κ3) is 2.84.